The zero-order chi connectivity index (χ0) is 9.97. The van der Waals surface area contributed by atoms with Gasteiger partial charge in [-0.3, -0.25) is 0 Å². The van der Waals surface area contributed by atoms with E-state index in [1.165, 1.54) is 12.8 Å². The van der Waals surface area contributed by atoms with Crippen molar-refractivity contribution in [1.82, 2.24) is 9.97 Å². The van der Waals surface area contributed by atoms with Crippen LogP contribution in [0.4, 0.5) is 0 Å². The molecule has 1 aromatic rings. The first-order chi connectivity index (χ1) is 6.79. The normalized spacial score (nSPS) is 15.6. The fraction of sp³-hybridized carbons (Fsp3) is 0.600. The largest absolute Gasteiger partial charge is 0.478 e. The van der Waals surface area contributed by atoms with Crippen LogP contribution in [0, 0.1) is 0 Å². The van der Waals surface area contributed by atoms with Gasteiger partial charge in [0.1, 0.15) is 11.0 Å². The van der Waals surface area contributed by atoms with Gasteiger partial charge in [-0.1, -0.05) is 18.5 Å². The van der Waals surface area contributed by atoms with Gasteiger partial charge in [-0.2, -0.15) is 4.98 Å². The second-order valence-electron chi connectivity index (χ2n) is 3.51. The van der Waals surface area contributed by atoms with Gasteiger partial charge >= 0.3 is 0 Å². The number of aromatic nitrogens is 2. The summed E-state index contributed by atoms with van der Waals surface area (Å²) in [6.45, 7) is 2.74. The molecule has 0 aromatic carbocycles. The second kappa shape index (κ2) is 4.13. The third-order valence-electron chi connectivity index (χ3n) is 2.09. The molecule has 1 aromatic heterocycles. The zero-order valence-corrected chi connectivity index (χ0v) is 8.92. The van der Waals surface area contributed by atoms with Crippen LogP contribution >= 0.6 is 11.6 Å². The van der Waals surface area contributed by atoms with Crippen LogP contribution in [0.25, 0.3) is 0 Å². The Morgan fingerprint density at radius 1 is 1.50 bits per heavy atom. The predicted octanol–water partition coefficient (Wildman–Crippen LogP) is 2.80. The number of nitrogens with zero attached hydrogens (tertiary/aromatic N) is 2. The number of rotatable bonds is 4. The van der Waals surface area contributed by atoms with Crippen molar-refractivity contribution in [2.45, 2.75) is 32.1 Å². The first kappa shape index (κ1) is 9.71. The van der Waals surface area contributed by atoms with E-state index in [1.54, 1.807) is 6.07 Å². The molecule has 0 amide bonds. The minimum Gasteiger partial charge on any atom is -0.478 e. The molecule has 4 heteroatoms. The van der Waals surface area contributed by atoms with Gasteiger partial charge in [-0.15, -0.1) is 0 Å². The molecule has 0 atom stereocenters. The summed E-state index contributed by atoms with van der Waals surface area (Å²) in [6.07, 6.45) is 3.32. The van der Waals surface area contributed by atoms with Crippen LogP contribution in [0.1, 0.15) is 37.9 Å². The van der Waals surface area contributed by atoms with Crippen molar-refractivity contribution in [3.8, 4) is 5.88 Å². The minimum absolute atomic E-state index is 0.480. The summed E-state index contributed by atoms with van der Waals surface area (Å²) in [6, 6.07) is 1.67. The van der Waals surface area contributed by atoms with Crippen LogP contribution < -0.4 is 4.74 Å². The first-order valence-corrected chi connectivity index (χ1v) is 5.34. The van der Waals surface area contributed by atoms with Gasteiger partial charge in [0, 0.05) is 12.0 Å². The highest BCUT2D eigenvalue weighted by molar-refractivity contribution is 6.29. The van der Waals surface area contributed by atoms with Gasteiger partial charge in [0.15, 0.2) is 0 Å². The van der Waals surface area contributed by atoms with E-state index >= 15 is 0 Å². The number of hydrogen-bond acceptors (Lipinski definition) is 3. The number of hydrogen-bond donors (Lipinski definition) is 0. The maximum Gasteiger partial charge on any atom is 0.218 e. The first-order valence-electron chi connectivity index (χ1n) is 4.97. The summed E-state index contributed by atoms with van der Waals surface area (Å²) in [7, 11) is 0. The van der Waals surface area contributed by atoms with E-state index < -0.39 is 0 Å². The summed E-state index contributed by atoms with van der Waals surface area (Å²) >= 11 is 5.87. The lowest BCUT2D eigenvalue weighted by molar-refractivity contribution is 0.303. The molecular formula is C10H13ClN2O. The Balaban J connectivity index is 2.13. The topological polar surface area (TPSA) is 35.0 Å². The predicted molar refractivity (Wildman–Crippen MR) is 54.8 cm³/mol. The smallest absolute Gasteiger partial charge is 0.218 e. The lowest BCUT2D eigenvalue weighted by Crippen LogP contribution is -2.01. The average Bonchev–Trinajstić information content (AvgIpc) is 2.97. The summed E-state index contributed by atoms with van der Waals surface area (Å²) in [4.78, 5) is 8.49. The van der Waals surface area contributed by atoms with Gasteiger partial charge in [0.05, 0.1) is 6.61 Å². The van der Waals surface area contributed by atoms with Crippen LogP contribution in [0.2, 0.25) is 5.15 Å². The Hall–Kier alpha value is -0.830. The second-order valence-corrected chi connectivity index (χ2v) is 3.90. The van der Waals surface area contributed by atoms with Gasteiger partial charge in [0.25, 0.3) is 0 Å². The molecule has 1 aliphatic rings. The van der Waals surface area contributed by atoms with Crippen LogP contribution in [0.3, 0.4) is 0 Å². The van der Waals surface area contributed by atoms with E-state index in [9.17, 15) is 0 Å². The molecule has 3 nitrogen and oxygen atoms in total. The Morgan fingerprint density at radius 2 is 2.29 bits per heavy atom. The van der Waals surface area contributed by atoms with E-state index in [0.717, 1.165) is 12.2 Å². The van der Waals surface area contributed by atoms with Crippen LogP contribution in [0.5, 0.6) is 5.88 Å². The molecule has 0 spiro atoms. The molecule has 0 radical (unpaired) electrons. The summed E-state index contributed by atoms with van der Waals surface area (Å²) < 4.78 is 5.42. The van der Waals surface area contributed by atoms with E-state index in [1.807, 2.05) is 0 Å². The third kappa shape index (κ3) is 2.35. The maximum absolute atomic E-state index is 5.87. The van der Waals surface area contributed by atoms with Crippen molar-refractivity contribution in [2.24, 2.45) is 0 Å². The number of halogens is 1. The SMILES string of the molecule is CCCOc1cc(Cl)nc(C2CC2)n1. The Bertz CT molecular complexity index is 326. The van der Waals surface area contributed by atoms with Gasteiger partial charge in [-0.25, -0.2) is 4.98 Å². The summed E-state index contributed by atoms with van der Waals surface area (Å²) in [5.74, 6) is 1.95. The average molecular weight is 213 g/mol. The van der Waals surface area contributed by atoms with E-state index in [4.69, 9.17) is 16.3 Å². The van der Waals surface area contributed by atoms with Crippen molar-refractivity contribution < 1.29 is 4.74 Å². The number of ether oxygens (including phenoxy) is 1. The molecule has 14 heavy (non-hydrogen) atoms. The van der Waals surface area contributed by atoms with Gasteiger partial charge in [-0.05, 0) is 19.3 Å². The molecule has 0 aliphatic heterocycles. The van der Waals surface area contributed by atoms with Crippen molar-refractivity contribution >= 4 is 11.6 Å². The lowest BCUT2D eigenvalue weighted by atomic mass is 10.4. The van der Waals surface area contributed by atoms with E-state index in [-0.39, 0.29) is 0 Å². The Morgan fingerprint density at radius 3 is 2.93 bits per heavy atom. The quantitative estimate of drug-likeness (QED) is 0.720. The molecule has 1 aliphatic carbocycles. The minimum atomic E-state index is 0.480. The molecule has 76 valence electrons. The molecular weight excluding hydrogens is 200 g/mol. The highest BCUT2D eigenvalue weighted by Crippen LogP contribution is 2.38. The fourth-order valence-electron chi connectivity index (χ4n) is 1.22. The van der Waals surface area contributed by atoms with Crippen LogP contribution in [-0.4, -0.2) is 16.6 Å². The molecule has 0 unspecified atom stereocenters. The lowest BCUT2D eigenvalue weighted by Gasteiger charge is -2.05. The van der Waals surface area contributed by atoms with Crippen molar-refractivity contribution in [2.75, 3.05) is 6.61 Å². The molecule has 0 N–H and O–H groups in total. The molecule has 0 saturated heterocycles. The third-order valence-corrected chi connectivity index (χ3v) is 2.28. The van der Waals surface area contributed by atoms with Crippen molar-refractivity contribution in [3.05, 3.63) is 17.0 Å². The summed E-state index contributed by atoms with van der Waals surface area (Å²) in [5.41, 5.74) is 0. The zero-order valence-electron chi connectivity index (χ0n) is 8.16. The van der Waals surface area contributed by atoms with Crippen molar-refractivity contribution in [1.29, 1.82) is 0 Å². The molecule has 1 saturated carbocycles. The van der Waals surface area contributed by atoms with Gasteiger partial charge in [0.2, 0.25) is 5.88 Å². The standard InChI is InChI=1S/C10H13ClN2O/c1-2-5-14-9-6-8(11)12-10(13-9)7-3-4-7/h6-7H,2-5H2,1H3. The van der Waals surface area contributed by atoms with E-state index in [2.05, 4.69) is 16.9 Å². The van der Waals surface area contributed by atoms with E-state index in [0.29, 0.717) is 23.6 Å². The monoisotopic (exact) mass is 212 g/mol. The fourth-order valence-corrected chi connectivity index (χ4v) is 1.40. The maximum atomic E-state index is 5.87. The van der Waals surface area contributed by atoms with Crippen LogP contribution in [-0.2, 0) is 0 Å². The Labute approximate surface area is 88.5 Å². The van der Waals surface area contributed by atoms with Gasteiger partial charge < -0.3 is 4.74 Å². The molecule has 2 rings (SSSR count). The highest BCUT2D eigenvalue weighted by Gasteiger charge is 2.27. The molecule has 0 bridgehead atoms. The molecule has 1 fully saturated rings. The Kier molecular flexibility index (Phi) is 2.87. The van der Waals surface area contributed by atoms with Crippen molar-refractivity contribution in [3.63, 3.8) is 0 Å². The highest BCUT2D eigenvalue weighted by atomic mass is 35.5. The summed E-state index contributed by atoms with van der Waals surface area (Å²) in [5, 5.41) is 0.480. The van der Waals surface area contributed by atoms with Crippen LogP contribution in [0.15, 0.2) is 6.07 Å². The molecule has 1 heterocycles.